The molecule has 1 heterocycles. The van der Waals surface area contributed by atoms with Crippen LogP contribution in [-0.2, 0) is 21.4 Å². The van der Waals surface area contributed by atoms with Gasteiger partial charge in [0.25, 0.3) is 0 Å². The summed E-state index contributed by atoms with van der Waals surface area (Å²) in [6, 6.07) is 3.65. The average molecular weight is 247 g/mol. The van der Waals surface area contributed by atoms with E-state index >= 15 is 0 Å². The number of hydrogen-bond donors (Lipinski definition) is 0. The molecule has 0 aromatic carbocycles. The normalized spacial score (nSPS) is 13.5. The van der Waals surface area contributed by atoms with E-state index in [-0.39, 0.29) is 6.61 Å². The van der Waals surface area contributed by atoms with Gasteiger partial charge in [0.1, 0.15) is 5.82 Å². The molecule has 5 heteroatoms. The lowest BCUT2D eigenvalue weighted by molar-refractivity contribution is -0.147. The first-order valence-corrected chi connectivity index (χ1v) is 5.91. The van der Waals surface area contributed by atoms with Crippen LogP contribution < -0.4 is 0 Å². The summed E-state index contributed by atoms with van der Waals surface area (Å²) in [5, 5.41) is 9.28. The van der Waals surface area contributed by atoms with Gasteiger partial charge in [0.05, 0.1) is 18.4 Å². The molecule has 0 radical (unpaired) electrons. The van der Waals surface area contributed by atoms with E-state index in [2.05, 4.69) is 9.97 Å². The first kappa shape index (κ1) is 14.1. The van der Waals surface area contributed by atoms with E-state index in [4.69, 9.17) is 4.74 Å². The molecule has 1 unspecified atom stereocenters. The summed E-state index contributed by atoms with van der Waals surface area (Å²) in [7, 11) is 0. The van der Waals surface area contributed by atoms with Crippen LogP contribution in [0, 0.1) is 18.3 Å². The van der Waals surface area contributed by atoms with Crippen LogP contribution in [0.1, 0.15) is 38.0 Å². The molecule has 0 saturated carbocycles. The molecule has 1 atom stereocenters. The van der Waals surface area contributed by atoms with Gasteiger partial charge in [0.2, 0.25) is 0 Å². The van der Waals surface area contributed by atoms with E-state index in [1.165, 1.54) is 6.92 Å². The number of esters is 1. The summed E-state index contributed by atoms with van der Waals surface area (Å²) in [6.07, 6.45) is 0.652. The smallest absolute Gasteiger partial charge is 0.332 e. The van der Waals surface area contributed by atoms with E-state index < -0.39 is 11.4 Å². The Bertz CT molecular complexity index is 493. The van der Waals surface area contributed by atoms with Crippen LogP contribution in [0.2, 0.25) is 0 Å². The SMILES string of the molecule is CCOC(=O)C(C)(C#N)c1cc(C)nc(CC)n1. The van der Waals surface area contributed by atoms with Gasteiger partial charge in [0.15, 0.2) is 5.41 Å². The monoisotopic (exact) mass is 247 g/mol. The molecule has 0 bridgehead atoms. The van der Waals surface area contributed by atoms with Gasteiger partial charge >= 0.3 is 5.97 Å². The molecule has 0 aliphatic heterocycles. The Morgan fingerprint density at radius 3 is 2.67 bits per heavy atom. The molecule has 1 aromatic heterocycles. The van der Waals surface area contributed by atoms with Crippen LogP contribution in [-0.4, -0.2) is 22.5 Å². The van der Waals surface area contributed by atoms with Crippen molar-refractivity contribution >= 4 is 5.97 Å². The number of rotatable bonds is 4. The zero-order valence-electron chi connectivity index (χ0n) is 11.1. The molecule has 1 aromatic rings. The van der Waals surface area contributed by atoms with Gasteiger partial charge in [-0.2, -0.15) is 5.26 Å². The van der Waals surface area contributed by atoms with Crippen molar-refractivity contribution in [1.29, 1.82) is 5.26 Å². The number of carbonyl (C=O) groups excluding carboxylic acids is 1. The molecular formula is C13H17N3O2. The largest absolute Gasteiger partial charge is 0.465 e. The van der Waals surface area contributed by atoms with Crippen LogP contribution in [0.5, 0.6) is 0 Å². The molecule has 1 rings (SSSR count). The molecule has 96 valence electrons. The summed E-state index contributed by atoms with van der Waals surface area (Å²) in [6.45, 7) is 7.20. The van der Waals surface area contributed by atoms with Crippen molar-refractivity contribution in [3.05, 3.63) is 23.3 Å². The molecule has 18 heavy (non-hydrogen) atoms. The van der Waals surface area contributed by atoms with E-state index in [0.29, 0.717) is 17.9 Å². The van der Waals surface area contributed by atoms with Crippen LogP contribution >= 0.6 is 0 Å². The third kappa shape index (κ3) is 2.65. The van der Waals surface area contributed by atoms with Crippen molar-refractivity contribution in [1.82, 2.24) is 9.97 Å². The lowest BCUT2D eigenvalue weighted by atomic mass is 9.88. The number of nitrogens with zero attached hydrogens (tertiary/aromatic N) is 3. The summed E-state index contributed by atoms with van der Waals surface area (Å²) >= 11 is 0. The minimum atomic E-state index is -1.38. The van der Waals surface area contributed by atoms with E-state index in [0.717, 1.165) is 5.69 Å². The summed E-state index contributed by atoms with van der Waals surface area (Å²) in [5.74, 6) is 0.0448. The predicted molar refractivity (Wildman–Crippen MR) is 65.7 cm³/mol. The second-order valence-corrected chi connectivity index (χ2v) is 4.12. The zero-order valence-corrected chi connectivity index (χ0v) is 11.1. The third-order valence-electron chi connectivity index (χ3n) is 2.64. The molecule has 0 spiro atoms. The van der Waals surface area contributed by atoms with Crippen LogP contribution in [0.15, 0.2) is 6.07 Å². The van der Waals surface area contributed by atoms with Crippen molar-refractivity contribution in [3.8, 4) is 6.07 Å². The van der Waals surface area contributed by atoms with Crippen molar-refractivity contribution < 1.29 is 9.53 Å². The van der Waals surface area contributed by atoms with E-state index in [1.807, 2.05) is 19.9 Å². The van der Waals surface area contributed by atoms with Gasteiger partial charge in [-0.3, -0.25) is 0 Å². The van der Waals surface area contributed by atoms with E-state index in [1.54, 1.807) is 13.0 Å². The number of carbonyl (C=O) groups is 1. The predicted octanol–water partition coefficient (Wildman–Crippen LogP) is 1.69. The molecule has 5 nitrogen and oxygen atoms in total. The van der Waals surface area contributed by atoms with E-state index in [9.17, 15) is 10.1 Å². The van der Waals surface area contributed by atoms with Crippen LogP contribution in [0.25, 0.3) is 0 Å². The highest BCUT2D eigenvalue weighted by Gasteiger charge is 2.39. The maximum absolute atomic E-state index is 11.9. The lowest BCUT2D eigenvalue weighted by Gasteiger charge is -2.19. The first-order chi connectivity index (χ1) is 8.47. The minimum absolute atomic E-state index is 0.237. The molecular weight excluding hydrogens is 230 g/mol. The van der Waals surface area contributed by atoms with Gasteiger partial charge < -0.3 is 4.74 Å². The number of ether oxygens (including phenoxy) is 1. The second kappa shape index (κ2) is 5.58. The number of nitriles is 1. The molecule has 0 aliphatic carbocycles. The fourth-order valence-electron chi connectivity index (χ4n) is 1.53. The minimum Gasteiger partial charge on any atom is -0.465 e. The third-order valence-corrected chi connectivity index (χ3v) is 2.64. The van der Waals surface area contributed by atoms with Gasteiger partial charge in [-0.15, -0.1) is 0 Å². The fraction of sp³-hybridized carbons (Fsp3) is 0.538. The molecule has 0 aliphatic rings. The highest BCUT2D eigenvalue weighted by Crippen LogP contribution is 2.23. The van der Waals surface area contributed by atoms with Gasteiger partial charge in [-0.05, 0) is 26.8 Å². The van der Waals surface area contributed by atoms with Crippen molar-refractivity contribution in [2.24, 2.45) is 0 Å². The highest BCUT2D eigenvalue weighted by atomic mass is 16.5. The highest BCUT2D eigenvalue weighted by molar-refractivity contribution is 5.85. The lowest BCUT2D eigenvalue weighted by Crippen LogP contribution is -2.34. The summed E-state index contributed by atoms with van der Waals surface area (Å²) in [5.41, 5.74) is -0.247. The fourth-order valence-corrected chi connectivity index (χ4v) is 1.53. The van der Waals surface area contributed by atoms with Gasteiger partial charge in [-0.1, -0.05) is 6.92 Å². The Morgan fingerprint density at radius 2 is 2.17 bits per heavy atom. The zero-order chi connectivity index (χ0) is 13.8. The standard InChI is InChI=1S/C13H17N3O2/c1-5-11-15-9(3)7-10(16-11)13(4,8-14)12(17)18-6-2/h7H,5-6H2,1-4H3. The summed E-state index contributed by atoms with van der Waals surface area (Å²) < 4.78 is 4.94. The number of hydrogen-bond acceptors (Lipinski definition) is 5. The van der Waals surface area contributed by atoms with Crippen LogP contribution in [0.3, 0.4) is 0 Å². The number of aromatic nitrogens is 2. The molecule has 0 saturated heterocycles. The first-order valence-electron chi connectivity index (χ1n) is 5.91. The van der Waals surface area contributed by atoms with Gasteiger partial charge in [0, 0.05) is 12.1 Å². The second-order valence-electron chi connectivity index (χ2n) is 4.12. The summed E-state index contributed by atoms with van der Waals surface area (Å²) in [4.78, 5) is 20.4. The maximum Gasteiger partial charge on any atom is 0.332 e. The van der Waals surface area contributed by atoms with Crippen molar-refractivity contribution in [2.75, 3.05) is 6.61 Å². The molecule has 0 amide bonds. The van der Waals surface area contributed by atoms with Crippen molar-refractivity contribution in [3.63, 3.8) is 0 Å². The Kier molecular flexibility index (Phi) is 4.38. The molecule has 0 N–H and O–H groups in total. The maximum atomic E-state index is 11.9. The Morgan fingerprint density at radius 1 is 1.50 bits per heavy atom. The van der Waals surface area contributed by atoms with Gasteiger partial charge in [-0.25, -0.2) is 14.8 Å². The Balaban J connectivity index is 3.28. The van der Waals surface area contributed by atoms with Crippen LogP contribution in [0.4, 0.5) is 0 Å². The Labute approximate surface area is 107 Å². The quantitative estimate of drug-likeness (QED) is 0.757. The topological polar surface area (TPSA) is 75.9 Å². The average Bonchev–Trinajstić information content (AvgIpc) is 2.37. The molecule has 0 fully saturated rings. The Hall–Kier alpha value is -1.96. The van der Waals surface area contributed by atoms with Crippen molar-refractivity contribution in [2.45, 2.75) is 39.5 Å². The number of aryl methyl sites for hydroxylation is 2.